The van der Waals surface area contributed by atoms with Crippen molar-refractivity contribution in [3.05, 3.63) is 65.1 Å². The van der Waals surface area contributed by atoms with Gasteiger partial charge in [0.15, 0.2) is 10.9 Å². The van der Waals surface area contributed by atoms with Crippen LogP contribution in [-0.2, 0) is 11.3 Å². The molecule has 9 heteroatoms. The summed E-state index contributed by atoms with van der Waals surface area (Å²) < 4.78 is 12.9. The summed E-state index contributed by atoms with van der Waals surface area (Å²) in [6.07, 6.45) is 1.59. The molecule has 0 unspecified atom stereocenters. The van der Waals surface area contributed by atoms with E-state index in [1.54, 1.807) is 23.7 Å². The van der Waals surface area contributed by atoms with E-state index in [1.807, 2.05) is 59.3 Å². The van der Waals surface area contributed by atoms with Crippen LogP contribution in [0, 0.1) is 0 Å². The van der Waals surface area contributed by atoms with Crippen molar-refractivity contribution in [1.82, 2.24) is 20.1 Å². The standard InChI is InChI=1S/C21H20N4O3S2/c1-2-27-16-9-7-15(8-10-16)25-20(18-6-3-11-28-18)23-24-21(25)30-14-19(26)22-13-17-5-4-12-29-17/h3-12H,2,13-14H2,1H3,(H,22,26). The van der Waals surface area contributed by atoms with Crippen molar-refractivity contribution in [3.8, 4) is 23.0 Å². The predicted octanol–water partition coefficient (Wildman–Crippen LogP) is 4.40. The average molecular weight is 441 g/mol. The Morgan fingerprint density at radius 3 is 2.77 bits per heavy atom. The van der Waals surface area contributed by atoms with Crippen LogP contribution in [0.1, 0.15) is 11.8 Å². The Bertz CT molecular complexity index is 1070. The molecule has 0 aliphatic rings. The molecule has 0 saturated heterocycles. The van der Waals surface area contributed by atoms with Crippen molar-refractivity contribution in [3.63, 3.8) is 0 Å². The highest BCUT2D eigenvalue weighted by molar-refractivity contribution is 7.99. The second kappa shape index (κ2) is 9.64. The fourth-order valence-corrected chi connectivity index (χ4v) is 4.23. The zero-order valence-corrected chi connectivity index (χ0v) is 17.9. The summed E-state index contributed by atoms with van der Waals surface area (Å²) >= 11 is 2.94. The molecule has 0 radical (unpaired) electrons. The van der Waals surface area contributed by atoms with Gasteiger partial charge in [0.2, 0.25) is 11.7 Å². The smallest absolute Gasteiger partial charge is 0.230 e. The summed E-state index contributed by atoms with van der Waals surface area (Å²) in [6, 6.07) is 15.3. The van der Waals surface area contributed by atoms with Crippen LogP contribution in [0.5, 0.6) is 5.75 Å². The molecule has 1 aromatic carbocycles. The first kappa shape index (κ1) is 20.2. The van der Waals surface area contributed by atoms with E-state index in [2.05, 4.69) is 15.5 Å². The molecule has 4 rings (SSSR count). The van der Waals surface area contributed by atoms with E-state index >= 15 is 0 Å². The van der Waals surface area contributed by atoms with Gasteiger partial charge in [0, 0.05) is 4.88 Å². The molecule has 1 amide bonds. The van der Waals surface area contributed by atoms with Crippen LogP contribution in [-0.4, -0.2) is 33.0 Å². The van der Waals surface area contributed by atoms with Gasteiger partial charge in [0.05, 0.1) is 30.9 Å². The van der Waals surface area contributed by atoms with E-state index in [4.69, 9.17) is 9.15 Å². The molecule has 7 nitrogen and oxygen atoms in total. The maximum Gasteiger partial charge on any atom is 0.230 e. The first-order chi connectivity index (χ1) is 14.7. The minimum Gasteiger partial charge on any atom is -0.494 e. The lowest BCUT2D eigenvalue weighted by atomic mass is 10.3. The van der Waals surface area contributed by atoms with E-state index in [9.17, 15) is 4.79 Å². The van der Waals surface area contributed by atoms with Crippen molar-refractivity contribution in [2.75, 3.05) is 12.4 Å². The topological polar surface area (TPSA) is 82.2 Å². The number of aromatic nitrogens is 3. The van der Waals surface area contributed by atoms with Gasteiger partial charge in [-0.2, -0.15) is 0 Å². The second-order valence-electron chi connectivity index (χ2n) is 6.19. The fourth-order valence-electron chi connectivity index (χ4n) is 2.80. The molecule has 0 atom stereocenters. The highest BCUT2D eigenvalue weighted by Gasteiger charge is 2.19. The number of ether oxygens (including phenoxy) is 1. The van der Waals surface area contributed by atoms with E-state index in [0.717, 1.165) is 16.3 Å². The minimum atomic E-state index is -0.0609. The molecule has 0 bridgehead atoms. The third-order valence-corrected chi connectivity index (χ3v) is 5.96. The molecule has 4 aromatic rings. The molecular formula is C21H20N4O3S2. The molecule has 0 spiro atoms. The number of rotatable bonds is 9. The lowest BCUT2D eigenvalue weighted by molar-refractivity contribution is -0.118. The number of nitrogens with zero attached hydrogens (tertiary/aromatic N) is 3. The van der Waals surface area contributed by atoms with E-state index in [-0.39, 0.29) is 11.7 Å². The largest absolute Gasteiger partial charge is 0.494 e. The Morgan fingerprint density at radius 2 is 2.07 bits per heavy atom. The summed E-state index contributed by atoms with van der Waals surface area (Å²) in [5.74, 6) is 2.14. The lowest BCUT2D eigenvalue weighted by Gasteiger charge is -2.10. The van der Waals surface area contributed by atoms with E-state index in [1.165, 1.54) is 11.8 Å². The number of thiophene rings is 1. The van der Waals surface area contributed by atoms with Crippen LogP contribution in [0.4, 0.5) is 0 Å². The molecule has 0 saturated carbocycles. The van der Waals surface area contributed by atoms with Gasteiger partial charge in [-0.3, -0.25) is 9.36 Å². The first-order valence-corrected chi connectivity index (χ1v) is 11.3. The number of amides is 1. The van der Waals surface area contributed by atoms with Gasteiger partial charge >= 0.3 is 0 Å². The van der Waals surface area contributed by atoms with Crippen LogP contribution in [0.25, 0.3) is 17.3 Å². The van der Waals surface area contributed by atoms with Gasteiger partial charge in [0.1, 0.15) is 5.75 Å². The number of carbonyl (C=O) groups is 1. The van der Waals surface area contributed by atoms with Crippen LogP contribution in [0.2, 0.25) is 0 Å². The molecule has 0 aliphatic carbocycles. The monoisotopic (exact) mass is 440 g/mol. The maximum absolute atomic E-state index is 12.3. The van der Waals surface area contributed by atoms with Crippen molar-refractivity contribution >= 4 is 29.0 Å². The Hall–Kier alpha value is -3.04. The Kier molecular flexibility index (Phi) is 6.50. The van der Waals surface area contributed by atoms with E-state index in [0.29, 0.717) is 29.9 Å². The van der Waals surface area contributed by atoms with Crippen molar-refractivity contribution in [2.45, 2.75) is 18.6 Å². The van der Waals surface area contributed by atoms with Gasteiger partial charge in [-0.25, -0.2) is 0 Å². The molecular weight excluding hydrogens is 420 g/mol. The molecule has 3 heterocycles. The number of thioether (sulfide) groups is 1. The molecule has 3 aromatic heterocycles. The number of hydrogen-bond acceptors (Lipinski definition) is 7. The quantitative estimate of drug-likeness (QED) is 0.389. The van der Waals surface area contributed by atoms with Crippen LogP contribution >= 0.6 is 23.1 Å². The Balaban J connectivity index is 1.53. The van der Waals surface area contributed by atoms with E-state index < -0.39 is 0 Å². The molecule has 1 N–H and O–H groups in total. The number of benzene rings is 1. The number of furan rings is 1. The molecule has 30 heavy (non-hydrogen) atoms. The highest BCUT2D eigenvalue weighted by atomic mass is 32.2. The van der Waals surface area contributed by atoms with Crippen LogP contribution < -0.4 is 10.1 Å². The second-order valence-corrected chi connectivity index (χ2v) is 8.17. The lowest BCUT2D eigenvalue weighted by Crippen LogP contribution is -2.24. The van der Waals surface area contributed by atoms with Gasteiger partial charge in [0.25, 0.3) is 0 Å². The molecule has 0 aliphatic heterocycles. The van der Waals surface area contributed by atoms with Gasteiger partial charge < -0.3 is 14.5 Å². The van der Waals surface area contributed by atoms with Gasteiger partial charge in [-0.1, -0.05) is 17.8 Å². The third-order valence-electron chi connectivity index (χ3n) is 4.15. The summed E-state index contributed by atoms with van der Waals surface area (Å²) in [6.45, 7) is 3.08. The summed E-state index contributed by atoms with van der Waals surface area (Å²) in [5, 5.41) is 14.1. The number of hydrogen-bond donors (Lipinski definition) is 1. The number of nitrogens with one attached hydrogen (secondary N) is 1. The average Bonchev–Trinajstić information content (AvgIpc) is 3.53. The van der Waals surface area contributed by atoms with Gasteiger partial charge in [-0.05, 0) is 54.8 Å². The maximum atomic E-state index is 12.3. The SMILES string of the molecule is CCOc1ccc(-n2c(SCC(=O)NCc3cccs3)nnc2-c2ccco2)cc1. The summed E-state index contributed by atoms with van der Waals surface area (Å²) in [5.41, 5.74) is 0.858. The highest BCUT2D eigenvalue weighted by Crippen LogP contribution is 2.29. The van der Waals surface area contributed by atoms with Crippen molar-refractivity contribution < 1.29 is 13.9 Å². The van der Waals surface area contributed by atoms with Gasteiger partial charge in [-0.15, -0.1) is 21.5 Å². The van der Waals surface area contributed by atoms with Crippen LogP contribution in [0.3, 0.4) is 0 Å². The number of carbonyl (C=O) groups excluding carboxylic acids is 1. The fraction of sp³-hybridized carbons (Fsp3) is 0.190. The zero-order chi connectivity index (χ0) is 20.8. The molecule has 154 valence electrons. The predicted molar refractivity (Wildman–Crippen MR) is 117 cm³/mol. The molecule has 0 fully saturated rings. The van der Waals surface area contributed by atoms with Crippen LogP contribution in [0.15, 0.2) is 69.7 Å². The summed E-state index contributed by atoms with van der Waals surface area (Å²) in [4.78, 5) is 13.4. The Labute approximate surface area is 182 Å². The third kappa shape index (κ3) is 4.74. The Morgan fingerprint density at radius 1 is 1.20 bits per heavy atom. The summed E-state index contributed by atoms with van der Waals surface area (Å²) in [7, 11) is 0. The van der Waals surface area contributed by atoms with Crippen molar-refractivity contribution in [2.24, 2.45) is 0 Å². The van der Waals surface area contributed by atoms with Crippen molar-refractivity contribution in [1.29, 1.82) is 0 Å². The normalized spacial score (nSPS) is 10.8. The minimum absolute atomic E-state index is 0.0609. The first-order valence-electron chi connectivity index (χ1n) is 9.39. The zero-order valence-electron chi connectivity index (χ0n) is 16.3.